The summed E-state index contributed by atoms with van der Waals surface area (Å²) < 4.78 is 7.38. The number of carbonyl (C=O) groups excluding carboxylic acids is 1. The topological polar surface area (TPSA) is 60.3 Å². The Bertz CT molecular complexity index is 987. The first-order valence-corrected chi connectivity index (χ1v) is 11.4. The van der Waals surface area contributed by atoms with Crippen LogP contribution in [0.2, 0.25) is 0 Å². The minimum atomic E-state index is -0.293. The molecule has 1 heterocycles. The first kappa shape index (κ1) is 22.9. The van der Waals surface area contributed by atoms with E-state index in [4.69, 9.17) is 4.74 Å². The Hall–Kier alpha value is -2.80. The molecule has 2 aromatic carbocycles. The lowest BCUT2D eigenvalue weighted by molar-refractivity contribution is -0.117. The molecule has 0 aliphatic rings. The highest BCUT2D eigenvalue weighted by Gasteiger charge is 2.25. The highest BCUT2D eigenvalue weighted by molar-refractivity contribution is 8.00. The van der Waals surface area contributed by atoms with Crippen LogP contribution in [0.25, 0.3) is 11.4 Å². The van der Waals surface area contributed by atoms with E-state index in [1.54, 1.807) is 7.11 Å². The predicted molar refractivity (Wildman–Crippen MR) is 127 cm³/mol. The smallest absolute Gasteiger partial charge is 0.240 e. The molecule has 164 valence electrons. The Kier molecular flexibility index (Phi) is 7.74. The monoisotopic (exact) mass is 438 g/mol. The fourth-order valence-electron chi connectivity index (χ4n) is 3.36. The maximum absolute atomic E-state index is 13.2. The van der Waals surface area contributed by atoms with E-state index in [0.717, 1.165) is 34.5 Å². The Morgan fingerprint density at radius 3 is 2.32 bits per heavy atom. The zero-order valence-electron chi connectivity index (χ0n) is 18.8. The van der Waals surface area contributed by atoms with Crippen LogP contribution in [0.4, 0.5) is 5.69 Å². The van der Waals surface area contributed by atoms with Crippen LogP contribution in [0, 0.1) is 5.92 Å². The number of rotatable bonds is 9. The maximum Gasteiger partial charge on any atom is 0.240 e. The third kappa shape index (κ3) is 5.47. The second-order valence-corrected chi connectivity index (χ2v) is 9.03. The molecule has 0 aliphatic carbocycles. The van der Waals surface area contributed by atoms with Crippen LogP contribution in [0.5, 0.6) is 5.75 Å². The summed E-state index contributed by atoms with van der Waals surface area (Å²) in [7, 11) is 1.65. The van der Waals surface area contributed by atoms with E-state index in [-0.39, 0.29) is 11.2 Å². The SMILES string of the molecule is CCN(C(=O)C(C)Sc1nnc(-c2ccc(OC)cc2)n1CC(C)C)c1ccccc1. The van der Waals surface area contributed by atoms with Crippen LogP contribution >= 0.6 is 11.8 Å². The number of methoxy groups -OCH3 is 1. The molecule has 1 aromatic heterocycles. The molecule has 31 heavy (non-hydrogen) atoms. The van der Waals surface area contributed by atoms with Gasteiger partial charge >= 0.3 is 0 Å². The van der Waals surface area contributed by atoms with E-state index in [9.17, 15) is 4.79 Å². The third-order valence-electron chi connectivity index (χ3n) is 4.89. The van der Waals surface area contributed by atoms with Gasteiger partial charge in [-0.25, -0.2) is 0 Å². The quantitative estimate of drug-likeness (QED) is 0.433. The van der Waals surface area contributed by atoms with Crippen LogP contribution in [0.1, 0.15) is 27.7 Å². The molecule has 0 fully saturated rings. The van der Waals surface area contributed by atoms with Crippen LogP contribution in [0.15, 0.2) is 59.8 Å². The van der Waals surface area contributed by atoms with Gasteiger partial charge in [-0.3, -0.25) is 4.79 Å². The Morgan fingerprint density at radius 2 is 1.74 bits per heavy atom. The summed E-state index contributed by atoms with van der Waals surface area (Å²) in [6, 6.07) is 17.6. The van der Waals surface area contributed by atoms with Gasteiger partial charge in [0.2, 0.25) is 5.91 Å². The molecule has 0 saturated heterocycles. The molecule has 1 amide bonds. The fourth-order valence-corrected chi connectivity index (χ4v) is 4.28. The van der Waals surface area contributed by atoms with Gasteiger partial charge in [-0.05, 0) is 56.2 Å². The van der Waals surface area contributed by atoms with Crippen molar-refractivity contribution in [2.24, 2.45) is 5.92 Å². The van der Waals surface area contributed by atoms with E-state index >= 15 is 0 Å². The van der Waals surface area contributed by atoms with Gasteiger partial charge in [-0.15, -0.1) is 10.2 Å². The summed E-state index contributed by atoms with van der Waals surface area (Å²) in [4.78, 5) is 15.0. The molecular weight excluding hydrogens is 408 g/mol. The molecule has 0 spiro atoms. The van der Waals surface area contributed by atoms with E-state index in [2.05, 4.69) is 28.6 Å². The van der Waals surface area contributed by atoms with Crippen LogP contribution in [-0.4, -0.2) is 39.6 Å². The van der Waals surface area contributed by atoms with Crippen molar-refractivity contribution in [2.75, 3.05) is 18.6 Å². The number of thioether (sulfide) groups is 1. The van der Waals surface area contributed by atoms with Gasteiger partial charge in [0.1, 0.15) is 5.75 Å². The van der Waals surface area contributed by atoms with Crippen LogP contribution < -0.4 is 9.64 Å². The zero-order chi connectivity index (χ0) is 22.4. The summed E-state index contributed by atoms with van der Waals surface area (Å²) in [5, 5.41) is 9.36. The number of nitrogens with zero attached hydrogens (tertiary/aromatic N) is 4. The van der Waals surface area contributed by atoms with Gasteiger partial charge in [-0.2, -0.15) is 0 Å². The van der Waals surface area contributed by atoms with Crippen molar-refractivity contribution in [1.29, 1.82) is 0 Å². The fraction of sp³-hybridized carbons (Fsp3) is 0.375. The number of hydrogen-bond donors (Lipinski definition) is 0. The van der Waals surface area contributed by atoms with Crippen molar-refractivity contribution in [3.05, 3.63) is 54.6 Å². The number of amides is 1. The molecule has 0 saturated carbocycles. The largest absolute Gasteiger partial charge is 0.497 e. The van der Waals surface area contributed by atoms with Crippen molar-refractivity contribution in [1.82, 2.24) is 14.8 Å². The van der Waals surface area contributed by atoms with Gasteiger partial charge in [0, 0.05) is 24.3 Å². The Morgan fingerprint density at radius 1 is 1.06 bits per heavy atom. The molecule has 0 aliphatic heterocycles. The average molecular weight is 439 g/mol. The summed E-state index contributed by atoms with van der Waals surface area (Å²) in [6.45, 7) is 9.63. The highest BCUT2D eigenvalue weighted by Crippen LogP contribution is 2.30. The molecule has 3 aromatic rings. The normalized spacial score (nSPS) is 12.1. The summed E-state index contributed by atoms with van der Waals surface area (Å²) in [5.74, 6) is 2.07. The first-order valence-electron chi connectivity index (χ1n) is 10.5. The van der Waals surface area contributed by atoms with Crippen LogP contribution in [-0.2, 0) is 11.3 Å². The number of ether oxygens (including phenoxy) is 1. The van der Waals surface area contributed by atoms with Gasteiger partial charge < -0.3 is 14.2 Å². The highest BCUT2D eigenvalue weighted by atomic mass is 32.2. The molecule has 6 nitrogen and oxygen atoms in total. The minimum Gasteiger partial charge on any atom is -0.497 e. The van der Waals surface area contributed by atoms with Gasteiger partial charge in [0.25, 0.3) is 0 Å². The van der Waals surface area contributed by atoms with Crippen molar-refractivity contribution in [3.8, 4) is 17.1 Å². The number of carbonyl (C=O) groups is 1. The maximum atomic E-state index is 13.2. The van der Waals surface area contributed by atoms with E-state index < -0.39 is 0 Å². The number of para-hydroxylation sites is 1. The Balaban J connectivity index is 1.86. The average Bonchev–Trinajstić information content (AvgIpc) is 3.16. The lowest BCUT2D eigenvalue weighted by Crippen LogP contribution is -2.36. The van der Waals surface area contributed by atoms with E-state index in [0.29, 0.717) is 12.5 Å². The van der Waals surface area contributed by atoms with Gasteiger partial charge in [0.15, 0.2) is 11.0 Å². The number of anilines is 1. The molecule has 0 radical (unpaired) electrons. The zero-order valence-corrected chi connectivity index (χ0v) is 19.6. The third-order valence-corrected chi connectivity index (χ3v) is 5.96. The van der Waals surface area contributed by atoms with Gasteiger partial charge in [-0.1, -0.05) is 43.8 Å². The number of benzene rings is 2. The van der Waals surface area contributed by atoms with Gasteiger partial charge in [0.05, 0.1) is 12.4 Å². The first-order chi connectivity index (χ1) is 14.9. The second kappa shape index (κ2) is 10.5. The molecular formula is C24H30N4O2S. The van der Waals surface area contributed by atoms with Crippen molar-refractivity contribution < 1.29 is 9.53 Å². The molecule has 3 rings (SSSR count). The van der Waals surface area contributed by atoms with Crippen molar-refractivity contribution >= 4 is 23.4 Å². The molecule has 0 bridgehead atoms. The lowest BCUT2D eigenvalue weighted by atomic mass is 10.2. The van der Waals surface area contributed by atoms with Crippen LogP contribution in [0.3, 0.4) is 0 Å². The lowest BCUT2D eigenvalue weighted by Gasteiger charge is -2.24. The molecule has 7 heteroatoms. The predicted octanol–water partition coefficient (Wildman–Crippen LogP) is 5.14. The van der Waals surface area contributed by atoms with Crippen molar-refractivity contribution in [2.45, 2.75) is 44.6 Å². The van der Waals surface area contributed by atoms with Crippen molar-refractivity contribution in [3.63, 3.8) is 0 Å². The number of hydrogen-bond acceptors (Lipinski definition) is 5. The molecule has 1 unspecified atom stereocenters. The second-order valence-electron chi connectivity index (χ2n) is 7.72. The Labute approximate surface area is 188 Å². The van der Waals surface area contributed by atoms with E-state index in [1.807, 2.05) is 73.3 Å². The molecule has 1 atom stereocenters. The molecule has 0 N–H and O–H groups in total. The number of aromatic nitrogens is 3. The summed E-state index contributed by atoms with van der Waals surface area (Å²) in [6.07, 6.45) is 0. The standard InChI is InChI=1S/C24H30N4O2S/c1-6-27(20-10-8-7-9-11-20)23(29)18(4)31-24-26-25-22(28(24)16-17(2)3)19-12-14-21(30-5)15-13-19/h7-15,17-18H,6,16H2,1-5H3. The minimum absolute atomic E-state index is 0.0591. The summed E-state index contributed by atoms with van der Waals surface area (Å²) in [5.41, 5.74) is 1.88. The van der Waals surface area contributed by atoms with E-state index in [1.165, 1.54) is 11.8 Å². The summed E-state index contributed by atoms with van der Waals surface area (Å²) >= 11 is 1.46.